The third-order valence-corrected chi connectivity index (χ3v) is 4.31. The van der Waals surface area contributed by atoms with Gasteiger partial charge in [-0.05, 0) is 6.26 Å². The van der Waals surface area contributed by atoms with Gasteiger partial charge in [-0.15, -0.1) is 10.2 Å². The fraction of sp³-hybridized carbons (Fsp3) is 0.400. The second-order valence-electron chi connectivity index (χ2n) is 1.79. The average molecular weight is 237 g/mol. The summed E-state index contributed by atoms with van der Waals surface area (Å²) in [6, 6.07) is 0. The van der Waals surface area contributed by atoms with Crippen molar-refractivity contribution in [3.8, 4) is 0 Å². The number of rotatable bonds is 4. The lowest BCUT2D eigenvalue weighted by molar-refractivity contribution is 0.956. The predicted octanol–water partition coefficient (Wildman–Crippen LogP) is 1.64. The number of thiocarbonyl (C=S) groups is 1. The molecule has 1 rings (SSSR count). The average Bonchev–Trinajstić information content (AvgIpc) is 2.48. The zero-order valence-electron chi connectivity index (χ0n) is 6.31. The summed E-state index contributed by atoms with van der Waals surface area (Å²) in [5.41, 5.74) is 5.34. The highest BCUT2D eigenvalue weighted by atomic mass is 32.2. The molecule has 1 aromatic heterocycles. The molecule has 0 aliphatic carbocycles. The minimum atomic E-state index is 0.501. The van der Waals surface area contributed by atoms with Crippen LogP contribution < -0.4 is 5.73 Å². The monoisotopic (exact) mass is 237 g/mol. The van der Waals surface area contributed by atoms with Crippen molar-refractivity contribution in [2.75, 3.05) is 12.0 Å². The molecule has 0 unspecified atom stereocenters. The Bertz CT molecular complexity index is 271. The first-order valence-electron chi connectivity index (χ1n) is 3.01. The molecule has 0 amide bonds. The fourth-order valence-electron chi connectivity index (χ4n) is 0.471. The van der Waals surface area contributed by atoms with E-state index in [9.17, 15) is 0 Å². The first-order chi connectivity index (χ1) is 5.72. The van der Waals surface area contributed by atoms with Crippen molar-refractivity contribution >= 4 is 52.1 Å². The lowest BCUT2D eigenvalue weighted by Gasteiger charge is -1.91. The van der Waals surface area contributed by atoms with E-state index in [1.54, 1.807) is 23.1 Å². The summed E-state index contributed by atoms with van der Waals surface area (Å²) in [5, 5.41) is 7.89. The molecule has 66 valence electrons. The lowest BCUT2D eigenvalue weighted by Crippen LogP contribution is -2.09. The second-order valence-corrected chi connectivity index (χ2v) is 5.57. The first-order valence-corrected chi connectivity index (χ1v) is 6.44. The molecule has 3 nitrogen and oxygen atoms in total. The van der Waals surface area contributed by atoms with Crippen molar-refractivity contribution in [3.05, 3.63) is 0 Å². The largest absolute Gasteiger partial charge is 0.393 e. The van der Waals surface area contributed by atoms with Gasteiger partial charge in [-0.1, -0.05) is 47.1 Å². The van der Waals surface area contributed by atoms with Crippen LogP contribution in [0.25, 0.3) is 0 Å². The first kappa shape index (κ1) is 10.2. The summed E-state index contributed by atoms with van der Waals surface area (Å²) in [4.78, 5) is 0.501. The van der Waals surface area contributed by atoms with Crippen LogP contribution in [0.3, 0.4) is 0 Å². The minimum Gasteiger partial charge on any atom is -0.393 e. The SMILES string of the molecule is CSc1nnc(SCC(N)=S)s1. The van der Waals surface area contributed by atoms with E-state index in [-0.39, 0.29) is 0 Å². The van der Waals surface area contributed by atoms with E-state index < -0.39 is 0 Å². The van der Waals surface area contributed by atoms with Gasteiger partial charge in [-0.25, -0.2) is 0 Å². The number of hydrogen-bond donors (Lipinski definition) is 1. The van der Waals surface area contributed by atoms with Crippen molar-refractivity contribution in [2.45, 2.75) is 8.68 Å². The Balaban J connectivity index is 2.47. The number of hydrogen-bond acceptors (Lipinski definition) is 6. The maximum atomic E-state index is 5.34. The van der Waals surface area contributed by atoms with E-state index in [1.165, 1.54) is 11.8 Å². The van der Waals surface area contributed by atoms with Gasteiger partial charge in [-0.2, -0.15) is 0 Å². The lowest BCUT2D eigenvalue weighted by atomic mass is 10.8. The predicted molar refractivity (Wildman–Crippen MR) is 59.2 cm³/mol. The molecular formula is C5H7N3S4. The van der Waals surface area contributed by atoms with E-state index in [0.717, 1.165) is 8.68 Å². The molecule has 1 aromatic rings. The molecule has 1 heterocycles. The van der Waals surface area contributed by atoms with Crippen LogP contribution in [0, 0.1) is 0 Å². The van der Waals surface area contributed by atoms with E-state index in [2.05, 4.69) is 10.2 Å². The number of thioether (sulfide) groups is 2. The normalized spacial score (nSPS) is 10.1. The maximum Gasteiger partial charge on any atom is 0.175 e. The van der Waals surface area contributed by atoms with Gasteiger partial charge in [0.25, 0.3) is 0 Å². The molecule has 0 saturated carbocycles. The molecule has 0 radical (unpaired) electrons. The molecule has 2 N–H and O–H groups in total. The summed E-state index contributed by atoms with van der Waals surface area (Å²) in [5.74, 6) is 0.637. The maximum absolute atomic E-state index is 5.34. The molecule has 0 spiro atoms. The van der Waals surface area contributed by atoms with Crippen LogP contribution in [0.5, 0.6) is 0 Å². The standard InChI is InChI=1S/C5H7N3S4/c1-10-4-7-8-5(12-4)11-2-3(6)9/h2H2,1H3,(H2,6,9). The molecule has 0 fully saturated rings. The minimum absolute atomic E-state index is 0.501. The zero-order valence-corrected chi connectivity index (χ0v) is 9.58. The Hall–Kier alpha value is 0.150. The van der Waals surface area contributed by atoms with Crippen molar-refractivity contribution < 1.29 is 0 Å². The third-order valence-electron chi connectivity index (χ3n) is 0.900. The van der Waals surface area contributed by atoms with Crippen LogP contribution in [-0.2, 0) is 0 Å². The molecule has 0 aliphatic rings. The van der Waals surface area contributed by atoms with Gasteiger partial charge >= 0.3 is 0 Å². The van der Waals surface area contributed by atoms with Crippen molar-refractivity contribution in [3.63, 3.8) is 0 Å². The van der Waals surface area contributed by atoms with Crippen LogP contribution in [0.2, 0.25) is 0 Å². The molecule has 0 saturated heterocycles. The Morgan fingerprint density at radius 2 is 2.25 bits per heavy atom. The van der Waals surface area contributed by atoms with Gasteiger partial charge in [0.05, 0.1) is 10.7 Å². The highest BCUT2D eigenvalue weighted by Gasteiger charge is 2.03. The van der Waals surface area contributed by atoms with Crippen LogP contribution in [0.4, 0.5) is 0 Å². The van der Waals surface area contributed by atoms with Crippen LogP contribution in [-0.4, -0.2) is 27.2 Å². The summed E-state index contributed by atoms with van der Waals surface area (Å²) in [7, 11) is 0. The molecule has 0 atom stereocenters. The van der Waals surface area contributed by atoms with Crippen molar-refractivity contribution in [1.29, 1.82) is 0 Å². The second kappa shape index (κ2) is 5.00. The van der Waals surface area contributed by atoms with Gasteiger partial charge in [0.15, 0.2) is 8.68 Å². The Morgan fingerprint density at radius 3 is 2.75 bits per heavy atom. The Kier molecular flexibility index (Phi) is 4.27. The molecular weight excluding hydrogens is 230 g/mol. The van der Waals surface area contributed by atoms with Gasteiger partial charge in [0.1, 0.15) is 0 Å². The molecule has 0 aliphatic heterocycles. The van der Waals surface area contributed by atoms with Crippen molar-refractivity contribution in [2.24, 2.45) is 5.73 Å². The van der Waals surface area contributed by atoms with Crippen LogP contribution in [0.15, 0.2) is 8.68 Å². The summed E-state index contributed by atoms with van der Waals surface area (Å²) >= 11 is 9.42. The molecule has 12 heavy (non-hydrogen) atoms. The topological polar surface area (TPSA) is 51.8 Å². The Morgan fingerprint density at radius 1 is 1.58 bits per heavy atom. The number of aromatic nitrogens is 2. The summed E-state index contributed by atoms with van der Waals surface area (Å²) in [6.45, 7) is 0. The van der Waals surface area contributed by atoms with Gasteiger partial charge in [-0.3, -0.25) is 0 Å². The van der Waals surface area contributed by atoms with Gasteiger partial charge in [0, 0.05) is 0 Å². The van der Waals surface area contributed by atoms with Gasteiger partial charge in [0.2, 0.25) is 0 Å². The number of nitrogens with zero attached hydrogens (tertiary/aromatic N) is 2. The third kappa shape index (κ3) is 3.26. The molecule has 0 bridgehead atoms. The Labute approximate surface area is 88.5 Å². The van der Waals surface area contributed by atoms with Crippen LogP contribution in [0.1, 0.15) is 0 Å². The van der Waals surface area contributed by atoms with E-state index >= 15 is 0 Å². The number of nitrogens with two attached hydrogens (primary N) is 1. The molecule has 7 heteroatoms. The highest BCUT2D eigenvalue weighted by Crippen LogP contribution is 2.26. The van der Waals surface area contributed by atoms with Gasteiger partial charge < -0.3 is 5.73 Å². The fourth-order valence-corrected chi connectivity index (χ4v) is 2.82. The summed E-state index contributed by atoms with van der Waals surface area (Å²) < 4.78 is 1.90. The van der Waals surface area contributed by atoms with Crippen molar-refractivity contribution in [1.82, 2.24) is 10.2 Å². The van der Waals surface area contributed by atoms with Crippen LogP contribution >= 0.6 is 47.1 Å². The van der Waals surface area contributed by atoms with E-state index in [0.29, 0.717) is 10.7 Å². The highest BCUT2D eigenvalue weighted by molar-refractivity contribution is 8.03. The van der Waals surface area contributed by atoms with E-state index in [4.69, 9.17) is 18.0 Å². The zero-order chi connectivity index (χ0) is 8.97. The van der Waals surface area contributed by atoms with E-state index in [1.807, 2.05) is 6.26 Å². The summed E-state index contributed by atoms with van der Waals surface area (Å²) in [6.07, 6.45) is 1.97. The smallest absolute Gasteiger partial charge is 0.175 e. The quantitative estimate of drug-likeness (QED) is 0.634. The molecule has 0 aromatic carbocycles.